The zero-order chi connectivity index (χ0) is 17.2. The molecule has 148 valence electrons. The second-order valence-corrected chi connectivity index (χ2v) is 6.82. The molecule has 1 spiro atoms. The Hall–Kier alpha value is -0.760. The Kier molecular flexibility index (Phi) is 8.93. The molecule has 1 unspecified atom stereocenters. The number of halogens is 3. The Balaban J connectivity index is 0.00000169. The van der Waals surface area contributed by atoms with E-state index in [0.29, 0.717) is 36.0 Å². The second kappa shape index (κ2) is 9.97. The molecule has 2 aliphatic rings. The number of ether oxygens (including phenoxy) is 2. The predicted octanol–water partition coefficient (Wildman–Crippen LogP) is 2.77. The third-order valence-electron chi connectivity index (χ3n) is 4.88. The number of morpholine rings is 1. The SMILES string of the molecule is COc1ccc(Cl)cc1C(C(=O)O)N1CCOC2(CCNCC2)C1.Cl.Cl. The fourth-order valence-electron chi connectivity index (χ4n) is 3.68. The predicted molar refractivity (Wildman–Crippen MR) is 105 cm³/mol. The number of aliphatic carboxylic acids is 1. The second-order valence-electron chi connectivity index (χ2n) is 6.38. The molecule has 1 aromatic rings. The van der Waals surface area contributed by atoms with Crippen molar-refractivity contribution in [3.8, 4) is 5.75 Å². The summed E-state index contributed by atoms with van der Waals surface area (Å²) in [6.45, 7) is 3.49. The van der Waals surface area contributed by atoms with Crippen molar-refractivity contribution in [2.24, 2.45) is 0 Å². The molecule has 6 nitrogen and oxygen atoms in total. The molecule has 1 atom stereocenters. The fraction of sp³-hybridized carbons (Fsp3) is 0.588. The van der Waals surface area contributed by atoms with Gasteiger partial charge in [0.1, 0.15) is 11.8 Å². The molecule has 0 aromatic heterocycles. The standard InChI is InChI=1S/C17H23ClN2O4.2ClH/c1-23-14-3-2-12(18)10-13(14)15(16(21)22)20-8-9-24-17(11-20)4-6-19-7-5-17;;/h2-3,10,15,19H,4-9,11H2,1H3,(H,21,22);2*1H. The van der Waals surface area contributed by atoms with Gasteiger partial charge in [-0.25, -0.2) is 0 Å². The smallest absolute Gasteiger partial charge is 0.325 e. The average molecular weight is 428 g/mol. The van der Waals surface area contributed by atoms with Crippen molar-refractivity contribution in [1.82, 2.24) is 10.2 Å². The van der Waals surface area contributed by atoms with E-state index in [1.54, 1.807) is 25.3 Å². The van der Waals surface area contributed by atoms with E-state index in [2.05, 4.69) is 5.32 Å². The highest BCUT2D eigenvalue weighted by atomic mass is 35.5. The van der Waals surface area contributed by atoms with Crippen LogP contribution >= 0.6 is 36.4 Å². The highest BCUT2D eigenvalue weighted by Gasteiger charge is 2.42. The Bertz CT molecular complexity index is 606. The number of hydrogen-bond donors (Lipinski definition) is 2. The lowest BCUT2D eigenvalue weighted by atomic mass is 9.89. The molecule has 2 fully saturated rings. The van der Waals surface area contributed by atoms with Gasteiger partial charge in [0, 0.05) is 23.7 Å². The van der Waals surface area contributed by atoms with Crippen molar-refractivity contribution in [3.63, 3.8) is 0 Å². The third kappa shape index (κ3) is 4.94. The Morgan fingerprint density at radius 1 is 1.38 bits per heavy atom. The number of carbonyl (C=O) groups is 1. The zero-order valence-corrected chi connectivity index (χ0v) is 17.0. The molecule has 26 heavy (non-hydrogen) atoms. The quantitative estimate of drug-likeness (QED) is 0.770. The Labute approximate surface area is 171 Å². The zero-order valence-electron chi connectivity index (χ0n) is 14.6. The van der Waals surface area contributed by atoms with E-state index in [0.717, 1.165) is 25.9 Å². The first-order valence-electron chi connectivity index (χ1n) is 8.20. The van der Waals surface area contributed by atoms with Gasteiger partial charge in [-0.1, -0.05) is 11.6 Å². The molecule has 3 rings (SSSR count). The van der Waals surface area contributed by atoms with Crippen LogP contribution in [-0.2, 0) is 9.53 Å². The largest absolute Gasteiger partial charge is 0.496 e. The van der Waals surface area contributed by atoms with Crippen LogP contribution in [-0.4, -0.2) is 61.5 Å². The lowest BCUT2D eigenvalue weighted by Crippen LogP contribution is -2.57. The van der Waals surface area contributed by atoms with E-state index >= 15 is 0 Å². The van der Waals surface area contributed by atoms with E-state index in [1.165, 1.54) is 0 Å². The summed E-state index contributed by atoms with van der Waals surface area (Å²) in [4.78, 5) is 14.0. The van der Waals surface area contributed by atoms with Crippen molar-refractivity contribution in [3.05, 3.63) is 28.8 Å². The summed E-state index contributed by atoms with van der Waals surface area (Å²) in [6, 6.07) is 4.31. The number of nitrogens with zero attached hydrogens (tertiary/aromatic N) is 1. The van der Waals surface area contributed by atoms with Crippen LogP contribution in [0.4, 0.5) is 0 Å². The molecular formula is C17H25Cl3N2O4. The van der Waals surface area contributed by atoms with E-state index in [9.17, 15) is 9.90 Å². The highest BCUT2D eigenvalue weighted by Crippen LogP contribution is 2.36. The number of carboxylic acids is 1. The first-order valence-corrected chi connectivity index (χ1v) is 8.57. The van der Waals surface area contributed by atoms with Gasteiger partial charge in [0.15, 0.2) is 0 Å². The normalized spacial score (nSPS) is 20.5. The van der Waals surface area contributed by atoms with Gasteiger partial charge in [-0.3, -0.25) is 9.69 Å². The third-order valence-corrected chi connectivity index (χ3v) is 5.11. The molecular weight excluding hydrogens is 403 g/mol. The van der Waals surface area contributed by atoms with Crippen molar-refractivity contribution < 1.29 is 19.4 Å². The van der Waals surface area contributed by atoms with Gasteiger partial charge in [-0.05, 0) is 44.1 Å². The molecule has 0 radical (unpaired) electrons. The van der Waals surface area contributed by atoms with Crippen LogP contribution in [0.1, 0.15) is 24.4 Å². The monoisotopic (exact) mass is 426 g/mol. The number of nitrogens with one attached hydrogen (secondary N) is 1. The Morgan fingerprint density at radius 3 is 2.69 bits per heavy atom. The van der Waals surface area contributed by atoms with Gasteiger partial charge < -0.3 is 19.9 Å². The van der Waals surface area contributed by atoms with Crippen molar-refractivity contribution in [2.45, 2.75) is 24.5 Å². The maximum Gasteiger partial charge on any atom is 0.325 e. The molecule has 2 N–H and O–H groups in total. The number of hydrogen-bond acceptors (Lipinski definition) is 5. The van der Waals surface area contributed by atoms with Crippen LogP contribution in [0.15, 0.2) is 18.2 Å². The minimum Gasteiger partial charge on any atom is -0.496 e. The minimum atomic E-state index is -0.901. The summed E-state index contributed by atoms with van der Waals surface area (Å²) in [5.74, 6) is -0.362. The van der Waals surface area contributed by atoms with Crippen molar-refractivity contribution >= 4 is 42.4 Å². The topological polar surface area (TPSA) is 71.0 Å². The highest BCUT2D eigenvalue weighted by molar-refractivity contribution is 6.30. The van der Waals surface area contributed by atoms with Crippen LogP contribution in [0.25, 0.3) is 0 Å². The van der Waals surface area contributed by atoms with Gasteiger partial charge in [0.05, 0.1) is 19.3 Å². The van der Waals surface area contributed by atoms with Gasteiger partial charge in [0.25, 0.3) is 0 Å². The van der Waals surface area contributed by atoms with Crippen molar-refractivity contribution in [2.75, 3.05) is 39.9 Å². The van der Waals surface area contributed by atoms with E-state index in [1.807, 2.05) is 4.90 Å². The van der Waals surface area contributed by atoms with E-state index in [4.69, 9.17) is 21.1 Å². The van der Waals surface area contributed by atoms with Gasteiger partial charge in [-0.2, -0.15) is 0 Å². The number of rotatable bonds is 4. The summed E-state index contributed by atoms with van der Waals surface area (Å²) in [7, 11) is 1.54. The molecule has 2 saturated heterocycles. The van der Waals surface area contributed by atoms with Crippen LogP contribution in [0.5, 0.6) is 5.75 Å². The first kappa shape index (κ1) is 23.3. The molecule has 0 amide bonds. The summed E-state index contributed by atoms with van der Waals surface area (Å²) in [5, 5.41) is 13.7. The molecule has 2 aliphatic heterocycles. The first-order chi connectivity index (χ1) is 11.5. The summed E-state index contributed by atoms with van der Waals surface area (Å²) >= 11 is 6.10. The van der Waals surface area contributed by atoms with E-state index < -0.39 is 12.0 Å². The summed E-state index contributed by atoms with van der Waals surface area (Å²) in [6.07, 6.45) is 1.78. The van der Waals surface area contributed by atoms with Gasteiger partial charge >= 0.3 is 5.97 Å². The average Bonchev–Trinajstić information content (AvgIpc) is 2.56. The number of benzene rings is 1. The molecule has 1 aromatic carbocycles. The van der Waals surface area contributed by atoms with Crippen LogP contribution < -0.4 is 10.1 Å². The molecule has 2 heterocycles. The van der Waals surface area contributed by atoms with Gasteiger partial charge in [-0.15, -0.1) is 24.8 Å². The number of carboxylic acid groups (broad SMARTS) is 1. The van der Waals surface area contributed by atoms with Crippen LogP contribution in [0, 0.1) is 0 Å². The van der Waals surface area contributed by atoms with E-state index in [-0.39, 0.29) is 30.4 Å². The summed E-state index contributed by atoms with van der Waals surface area (Å²) < 4.78 is 11.4. The lowest BCUT2D eigenvalue weighted by molar-refractivity contribution is -0.158. The molecule has 0 bridgehead atoms. The number of piperidine rings is 1. The molecule has 9 heteroatoms. The van der Waals surface area contributed by atoms with Crippen molar-refractivity contribution in [1.29, 1.82) is 0 Å². The molecule has 0 aliphatic carbocycles. The van der Waals surface area contributed by atoms with Gasteiger partial charge in [0.2, 0.25) is 0 Å². The maximum absolute atomic E-state index is 12.1. The summed E-state index contributed by atoms with van der Waals surface area (Å²) in [5.41, 5.74) is 0.326. The molecule has 0 saturated carbocycles. The number of methoxy groups -OCH3 is 1. The lowest BCUT2D eigenvalue weighted by Gasteiger charge is -2.46. The van der Waals surface area contributed by atoms with Crippen LogP contribution in [0.3, 0.4) is 0 Å². The maximum atomic E-state index is 12.1. The van der Waals surface area contributed by atoms with Crippen LogP contribution in [0.2, 0.25) is 5.02 Å². The Morgan fingerprint density at radius 2 is 2.08 bits per heavy atom. The fourth-order valence-corrected chi connectivity index (χ4v) is 3.86. The minimum absolute atomic E-state index is 0.